The highest BCUT2D eigenvalue weighted by Crippen LogP contribution is 2.31. The molecular formula is C10H21NO2. The maximum Gasteiger partial charge on any atom is 0.106 e. The van der Waals surface area contributed by atoms with E-state index in [2.05, 4.69) is 6.92 Å². The van der Waals surface area contributed by atoms with Gasteiger partial charge < -0.3 is 15.6 Å². The Balaban J connectivity index is 2.64. The Labute approximate surface area is 80.3 Å². The summed E-state index contributed by atoms with van der Waals surface area (Å²) in [4.78, 5) is 0. The second-order valence-electron chi connectivity index (χ2n) is 4.36. The van der Waals surface area contributed by atoms with E-state index in [0.29, 0.717) is 6.61 Å². The molecule has 1 aliphatic rings. The van der Waals surface area contributed by atoms with Crippen molar-refractivity contribution in [1.82, 2.24) is 0 Å². The molecule has 0 aliphatic carbocycles. The summed E-state index contributed by atoms with van der Waals surface area (Å²) < 4.78 is 5.29. The van der Waals surface area contributed by atoms with Crippen LogP contribution >= 0.6 is 0 Å². The van der Waals surface area contributed by atoms with E-state index in [0.717, 1.165) is 32.3 Å². The Kier molecular flexibility index (Phi) is 3.33. The van der Waals surface area contributed by atoms with Gasteiger partial charge in [0.15, 0.2) is 0 Å². The molecule has 0 aromatic carbocycles. The molecule has 2 atom stereocenters. The molecular weight excluding hydrogens is 166 g/mol. The maximum atomic E-state index is 10.3. The summed E-state index contributed by atoms with van der Waals surface area (Å²) in [6, 6.07) is 0. The van der Waals surface area contributed by atoms with Crippen LogP contribution < -0.4 is 5.73 Å². The molecule has 0 amide bonds. The molecule has 0 radical (unpaired) electrons. The smallest absolute Gasteiger partial charge is 0.106 e. The van der Waals surface area contributed by atoms with E-state index >= 15 is 0 Å². The predicted octanol–water partition coefficient (Wildman–Crippen LogP) is 1.05. The Morgan fingerprint density at radius 3 is 2.77 bits per heavy atom. The van der Waals surface area contributed by atoms with Gasteiger partial charge in [0, 0.05) is 12.1 Å². The summed E-state index contributed by atoms with van der Waals surface area (Å²) in [6.07, 6.45) is 3.51. The molecule has 2 unspecified atom stereocenters. The van der Waals surface area contributed by atoms with Gasteiger partial charge in [0.05, 0.1) is 6.61 Å². The number of hydrogen-bond donors (Lipinski definition) is 2. The highest BCUT2D eigenvalue weighted by molar-refractivity contribution is 5.01. The van der Waals surface area contributed by atoms with Crippen LogP contribution in [0.5, 0.6) is 0 Å². The molecule has 1 heterocycles. The molecule has 0 saturated carbocycles. The highest BCUT2D eigenvalue weighted by atomic mass is 16.5. The van der Waals surface area contributed by atoms with Gasteiger partial charge in [-0.2, -0.15) is 0 Å². The van der Waals surface area contributed by atoms with E-state index in [-0.39, 0.29) is 0 Å². The van der Waals surface area contributed by atoms with Gasteiger partial charge in [0.25, 0.3) is 0 Å². The van der Waals surface area contributed by atoms with E-state index in [1.807, 2.05) is 6.92 Å². The summed E-state index contributed by atoms with van der Waals surface area (Å²) in [5.74, 6) is 0. The molecule has 1 fully saturated rings. The van der Waals surface area contributed by atoms with Crippen LogP contribution in [0, 0.1) is 0 Å². The lowest BCUT2D eigenvalue weighted by Crippen LogP contribution is -2.62. The summed E-state index contributed by atoms with van der Waals surface area (Å²) in [7, 11) is 0. The third-order valence-corrected chi connectivity index (χ3v) is 3.05. The van der Waals surface area contributed by atoms with Crippen molar-refractivity contribution >= 4 is 0 Å². The summed E-state index contributed by atoms with van der Waals surface area (Å²) in [5, 5.41) is 10.3. The monoisotopic (exact) mass is 187 g/mol. The van der Waals surface area contributed by atoms with Crippen LogP contribution in [-0.2, 0) is 4.74 Å². The third-order valence-electron chi connectivity index (χ3n) is 3.05. The van der Waals surface area contributed by atoms with Gasteiger partial charge in [-0.1, -0.05) is 13.3 Å². The Morgan fingerprint density at radius 1 is 1.62 bits per heavy atom. The van der Waals surface area contributed by atoms with Crippen LogP contribution in [-0.4, -0.2) is 29.5 Å². The van der Waals surface area contributed by atoms with Crippen molar-refractivity contribution in [3.8, 4) is 0 Å². The largest absolute Gasteiger partial charge is 0.386 e. The average Bonchev–Trinajstić information content (AvgIpc) is 2.05. The first-order valence-electron chi connectivity index (χ1n) is 5.11. The van der Waals surface area contributed by atoms with E-state index < -0.39 is 11.1 Å². The molecule has 1 rings (SSSR count). The van der Waals surface area contributed by atoms with Gasteiger partial charge >= 0.3 is 0 Å². The number of ether oxygens (including phenoxy) is 1. The first-order valence-corrected chi connectivity index (χ1v) is 5.11. The minimum absolute atomic E-state index is 0.389. The quantitative estimate of drug-likeness (QED) is 0.694. The minimum atomic E-state index is -0.818. The van der Waals surface area contributed by atoms with Crippen molar-refractivity contribution in [1.29, 1.82) is 0 Å². The first kappa shape index (κ1) is 11.0. The van der Waals surface area contributed by atoms with E-state index in [9.17, 15) is 5.11 Å². The lowest BCUT2D eigenvalue weighted by atomic mass is 9.75. The third kappa shape index (κ3) is 2.22. The average molecular weight is 187 g/mol. The fourth-order valence-electron chi connectivity index (χ4n) is 1.98. The van der Waals surface area contributed by atoms with Crippen LogP contribution in [0.2, 0.25) is 0 Å². The zero-order valence-electron chi connectivity index (χ0n) is 8.68. The molecule has 3 heteroatoms. The van der Waals surface area contributed by atoms with Gasteiger partial charge in [0.1, 0.15) is 5.60 Å². The molecule has 3 N–H and O–H groups in total. The number of rotatable bonds is 3. The zero-order chi connectivity index (χ0) is 9.95. The van der Waals surface area contributed by atoms with E-state index in [1.165, 1.54) is 0 Å². The number of aliphatic hydroxyl groups is 1. The van der Waals surface area contributed by atoms with Crippen LogP contribution in [0.1, 0.15) is 39.5 Å². The van der Waals surface area contributed by atoms with Crippen molar-refractivity contribution < 1.29 is 9.84 Å². The molecule has 1 aliphatic heterocycles. The van der Waals surface area contributed by atoms with Crippen LogP contribution in [0.15, 0.2) is 0 Å². The van der Waals surface area contributed by atoms with E-state index in [1.54, 1.807) is 0 Å². The zero-order valence-corrected chi connectivity index (χ0v) is 8.68. The molecule has 0 aromatic rings. The molecule has 78 valence electrons. The van der Waals surface area contributed by atoms with Crippen molar-refractivity contribution in [3.63, 3.8) is 0 Å². The fourth-order valence-corrected chi connectivity index (χ4v) is 1.98. The lowest BCUT2D eigenvalue weighted by Gasteiger charge is -2.44. The van der Waals surface area contributed by atoms with Crippen LogP contribution in [0.25, 0.3) is 0 Å². The maximum absolute atomic E-state index is 10.3. The minimum Gasteiger partial charge on any atom is -0.386 e. The summed E-state index contributed by atoms with van der Waals surface area (Å²) in [5.41, 5.74) is 4.78. The van der Waals surface area contributed by atoms with Gasteiger partial charge in [0.2, 0.25) is 0 Å². The SMILES string of the molecule is CCCC(C)(N)C1(O)CCCOC1. The first-order chi connectivity index (χ1) is 6.02. The molecule has 13 heavy (non-hydrogen) atoms. The number of nitrogens with two attached hydrogens (primary N) is 1. The van der Waals surface area contributed by atoms with Gasteiger partial charge in [-0.3, -0.25) is 0 Å². The summed E-state index contributed by atoms with van der Waals surface area (Å²) in [6.45, 7) is 5.15. The number of hydrogen-bond acceptors (Lipinski definition) is 3. The lowest BCUT2D eigenvalue weighted by molar-refractivity contribution is -0.127. The summed E-state index contributed by atoms with van der Waals surface area (Å²) >= 11 is 0. The van der Waals surface area contributed by atoms with Crippen molar-refractivity contribution in [2.24, 2.45) is 5.73 Å². The molecule has 3 nitrogen and oxygen atoms in total. The predicted molar refractivity (Wildman–Crippen MR) is 52.5 cm³/mol. The highest BCUT2D eigenvalue weighted by Gasteiger charge is 2.44. The van der Waals surface area contributed by atoms with E-state index in [4.69, 9.17) is 10.5 Å². The second-order valence-corrected chi connectivity index (χ2v) is 4.36. The van der Waals surface area contributed by atoms with Crippen molar-refractivity contribution in [3.05, 3.63) is 0 Å². The molecule has 0 bridgehead atoms. The van der Waals surface area contributed by atoms with Crippen molar-refractivity contribution in [2.45, 2.75) is 50.7 Å². The Morgan fingerprint density at radius 2 is 2.31 bits per heavy atom. The van der Waals surface area contributed by atoms with Gasteiger partial charge in [-0.15, -0.1) is 0 Å². The topological polar surface area (TPSA) is 55.5 Å². The Bertz CT molecular complexity index is 162. The van der Waals surface area contributed by atoms with Gasteiger partial charge in [-0.25, -0.2) is 0 Å². The van der Waals surface area contributed by atoms with Crippen LogP contribution in [0.3, 0.4) is 0 Å². The molecule has 0 spiro atoms. The standard InChI is InChI=1S/C10H21NO2/c1-3-5-9(2,11)10(12)6-4-7-13-8-10/h12H,3-8,11H2,1-2H3. The fraction of sp³-hybridized carbons (Fsp3) is 1.00. The van der Waals surface area contributed by atoms with Gasteiger partial charge in [-0.05, 0) is 26.2 Å². The molecule has 1 saturated heterocycles. The van der Waals surface area contributed by atoms with Crippen LogP contribution in [0.4, 0.5) is 0 Å². The molecule has 0 aromatic heterocycles. The Hall–Kier alpha value is -0.120. The van der Waals surface area contributed by atoms with Crippen molar-refractivity contribution in [2.75, 3.05) is 13.2 Å². The second kappa shape index (κ2) is 3.95. The normalized spacial score (nSPS) is 34.2.